The number of carbonyl (C=O) groups excluding carboxylic acids is 1. The molecule has 0 saturated heterocycles. The second-order valence-corrected chi connectivity index (χ2v) is 19.4. The molecular formula is C51H96N2O7P+. The Bertz CT molecular complexity index is 1200. The summed E-state index contributed by atoms with van der Waals surface area (Å²) in [4.78, 5) is 23.3. The highest BCUT2D eigenvalue weighted by atomic mass is 31.2. The van der Waals surface area contributed by atoms with Crippen molar-refractivity contribution in [2.45, 2.75) is 218 Å². The fourth-order valence-electron chi connectivity index (χ4n) is 6.80. The third-order valence-corrected chi connectivity index (χ3v) is 11.8. The molecule has 0 aromatic rings. The number of carbonyl (C=O) groups is 1. The van der Waals surface area contributed by atoms with Crippen LogP contribution in [-0.4, -0.2) is 84.6 Å². The van der Waals surface area contributed by atoms with Gasteiger partial charge in [-0.05, 0) is 64.2 Å². The van der Waals surface area contributed by atoms with E-state index in [-0.39, 0.29) is 6.61 Å². The molecule has 4 N–H and O–H groups in total. The van der Waals surface area contributed by atoms with Gasteiger partial charge in [-0.3, -0.25) is 13.8 Å². The van der Waals surface area contributed by atoms with Crippen LogP contribution in [0.25, 0.3) is 0 Å². The van der Waals surface area contributed by atoms with Gasteiger partial charge in [-0.25, -0.2) is 4.57 Å². The number of likely N-dealkylation sites (N-methyl/N-ethyl adjacent to an activating group) is 1. The lowest BCUT2D eigenvalue weighted by Gasteiger charge is -2.26. The molecule has 0 aromatic carbocycles. The van der Waals surface area contributed by atoms with Crippen LogP contribution in [0, 0.1) is 0 Å². The number of nitrogens with zero attached hydrogens (tertiary/aromatic N) is 1. The van der Waals surface area contributed by atoms with Gasteiger partial charge in [0.25, 0.3) is 0 Å². The third-order valence-electron chi connectivity index (χ3n) is 10.8. The molecule has 0 bridgehead atoms. The zero-order valence-electron chi connectivity index (χ0n) is 40.0. The van der Waals surface area contributed by atoms with E-state index < -0.39 is 38.6 Å². The van der Waals surface area contributed by atoms with Crippen LogP contribution < -0.4 is 5.32 Å². The van der Waals surface area contributed by atoms with Crippen LogP contribution in [0.3, 0.4) is 0 Å². The summed E-state index contributed by atoms with van der Waals surface area (Å²) in [6.07, 6.45) is 52.1. The number of unbranched alkanes of at least 4 members (excludes halogenated alkanes) is 22. The Kier molecular flexibility index (Phi) is 40.9. The van der Waals surface area contributed by atoms with E-state index in [0.717, 1.165) is 70.6 Å². The molecule has 0 radical (unpaired) electrons. The Morgan fingerprint density at radius 1 is 0.574 bits per heavy atom. The van der Waals surface area contributed by atoms with E-state index in [1.54, 1.807) is 6.08 Å². The van der Waals surface area contributed by atoms with Crippen LogP contribution in [0.15, 0.2) is 60.8 Å². The van der Waals surface area contributed by atoms with E-state index in [0.29, 0.717) is 17.4 Å². The molecule has 10 heteroatoms. The lowest BCUT2D eigenvalue weighted by atomic mass is 10.0. The highest BCUT2D eigenvalue weighted by molar-refractivity contribution is 7.47. The number of phosphoric acid groups is 1. The van der Waals surface area contributed by atoms with Crippen molar-refractivity contribution in [1.29, 1.82) is 0 Å². The number of hydrogen-bond donors (Lipinski definition) is 4. The maximum Gasteiger partial charge on any atom is 0.472 e. The summed E-state index contributed by atoms with van der Waals surface area (Å²) in [5.41, 5.74) is 0. The van der Waals surface area contributed by atoms with Crippen LogP contribution in [0.2, 0.25) is 0 Å². The molecule has 0 spiro atoms. The van der Waals surface area contributed by atoms with Crippen molar-refractivity contribution in [3.05, 3.63) is 60.8 Å². The zero-order chi connectivity index (χ0) is 45.1. The highest BCUT2D eigenvalue weighted by Crippen LogP contribution is 2.43. The van der Waals surface area contributed by atoms with Crippen molar-refractivity contribution < 1.29 is 38.0 Å². The van der Waals surface area contributed by atoms with Gasteiger partial charge in [-0.2, -0.15) is 0 Å². The van der Waals surface area contributed by atoms with Gasteiger partial charge < -0.3 is 24.9 Å². The number of quaternary nitrogens is 1. The van der Waals surface area contributed by atoms with Gasteiger partial charge in [-0.15, -0.1) is 0 Å². The average molecular weight is 880 g/mol. The monoisotopic (exact) mass is 880 g/mol. The minimum Gasteiger partial charge on any atom is -0.387 e. The Balaban J connectivity index is 4.41. The Hall–Kier alpha value is -1.84. The fourth-order valence-corrected chi connectivity index (χ4v) is 7.53. The summed E-state index contributed by atoms with van der Waals surface area (Å²) >= 11 is 0. The lowest BCUT2D eigenvalue weighted by Crippen LogP contribution is -2.49. The largest absolute Gasteiger partial charge is 0.472 e. The second-order valence-electron chi connectivity index (χ2n) is 18.0. The number of aliphatic hydroxyl groups is 2. The predicted octanol–water partition coefficient (Wildman–Crippen LogP) is 13.2. The van der Waals surface area contributed by atoms with Gasteiger partial charge in [-0.1, -0.05) is 197 Å². The summed E-state index contributed by atoms with van der Waals surface area (Å²) in [5.74, 6) is -0.626. The molecule has 0 aliphatic rings. The van der Waals surface area contributed by atoms with Crippen LogP contribution in [0.4, 0.5) is 0 Å². The first kappa shape index (κ1) is 59.2. The number of hydrogen-bond acceptors (Lipinski definition) is 6. The molecule has 4 atom stereocenters. The van der Waals surface area contributed by atoms with Gasteiger partial charge in [0, 0.05) is 0 Å². The lowest BCUT2D eigenvalue weighted by molar-refractivity contribution is -0.870. The Labute approximate surface area is 375 Å². The van der Waals surface area contributed by atoms with Gasteiger partial charge in [0.05, 0.1) is 39.9 Å². The average Bonchev–Trinajstić information content (AvgIpc) is 3.21. The molecular weight excluding hydrogens is 784 g/mol. The van der Waals surface area contributed by atoms with Gasteiger partial charge in [0.1, 0.15) is 19.3 Å². The first-order chi connectivity index (χ1) is 29.4. The van der Waals surface area contributed by atoms with E-state index in [2.05, 4.69) is 67.8 Å². The zero-order valence-corrected chi connectivity index (χ0v) is 40.9. The van der Waals surface area contributed by atoms with Crippen molar-refractivity contribution in [3.63, 3.8) is 0 Å². The number of amides is 1. The second kappa shape index (κ2) is 42.1. The smallest absolute Gasteiger partial charge is 0.387 e. The molecule has 0 aliphatic carbocycles. The Morgan fingerprint density at radius 2 is 0.967 bits per heavy atom. The predicted molar refractivity (Wildman–Crippen MR) is 260 cm³/mol. The van der Waals surface area contributed by atoms with Gasteiger partial charge >= 0.3 is 7.82 Å². The first-order valence-corrected chi connectivity index (χ1v) is 26.3. The standard InChI is InChI=1S/C51H95N2O7P/c1-6-8-10-12-14-16-18-20-21-22-23-24-25-26-27-28-29-30-32-34-36-38-40-42-44-50(55)51(56)52-48(47-60-61(57,58)59-46-45-53(3,4)5)49(54)43-41-39-37-35-33-31-19-17-15-13-11-9-7-2/h14,16,20-21,23-24,26-27,41,43,48-50,54-55H,6-13,15,17-19,22,25,28-40,42,44-47H2,1-5H3,(H-,52,56,57,58)/p+1/b16-14-,21-20-,24-23-,27-26-,43-41+. The highest BCUT2D eigenvalue weighted by Gasteiger charge is 2.29. The third kappa shape index (κ3) is 43.2. The molecule has 61 heavy (non-hydrogen) atoms. The van der Waals surface area contributed by atoms with Crippen molar-refractivity contribution in [3.8, 4) is 0 Å². The summed E-state index contributed by atoms with van der Waals surface area (Å²) in [5, 5.41) is 24.3. The minimum atomic E-state index is -4.42. The van der Waals surface area contributed by atoms with Crippen LogP contribution in [0.5, 0.6) is 0 Å². The first-order valence-electron chi connectivity index (χ1n) is 24.8. The Morgan fingerprint density at radius 3 is 1.44 bits per heavy atom. The SMILES string of the molecule is CCCCC/C=C\C/C=C\C/C=C\C/C=C\CCCCCCCCCCC(O)C(=O)NC(COP(=O)(O)OCC[N+](C)(C)C)C(O)/C=C/CCCCCCCCCCCCC. The van der Waals surface area contributed by atoms with E-state index in [1.165, 1.54) is 109 Å². The number of phosphoric ester groups is 1. The van der Waals surface area contributed by atoms with Crippen molar-refractivity contribution in [1.82, 2.24) is 5.32 Å². The molecule has 0 saturated carbocycles. The van der Waals surface area contributed by atoms with Crippen molar-refractivity contribution in [2.24, 2.45) is 0 Å². The van der Waals surface area contributed by atoms with Crippen LogP contribution >= 0.6 is 7.82 Å². The quantitative estimate of drug-likeness (QED) is 0.0208. The summed E-state index contributed by atoms with van der Waals surface area (Å²) in [6, 6.07) is -1.03. The van der Waals surface area contributed by atoms with E-state index in [9.17, 15) is 24.5 Å². The summed E-state index contributed by atoms with van der Waals surface area (Å²) in [7, 11) is 1.42. The summed E-state index contributed by atoms with van der Waals surface area (Å²) in [6.45, 7) is 4.56. The summed E-state index contributed by atoms with van der Waals surface area (Å²) < 4.78 is 23.5. The molecule has 1 amide bonds. The van der Waals surface area contributed by atoms with E-state index >= 15 is 0 Å². The molecule has 0 aromatic heterocycles. The van der Waals surface area contributed by atoms with Gasteiger partial charge in [0.15, 0.2) is 0 Å². The normalized spacial score (nSPS) is 15.2. The number of nitrogens with one attached hydrogen (secondary N) is 1. The molecule has 0 fully saturated rings. The van der Waals surface area contributed by atoms with E-state index in [4.69, 9.17) is 9.05 Å². The molecule has 356 valence electrons. The number of aliphatic hydroxyl groups excluding tert-OH is 2. The van der Waals surface area contributed by atoms with E-state index in [1.807, 2.05) is 27.2 Å². The molecule has 4 unspecified atom stereocenters. The van der Waals surface area contributed by atoms with Crippen molar-refractivity contribution in [2.75, 3.05) is 40.9 Å². The van der Waals surface area contributed by atoms with Crippen LogP contribution in [-0.2, 0) is 18.4 Å². The van der Waals surface area contributed by atoms with Crippen molar-refractivity contribution >= 4 is 13.7 Å². The van der Waals surface area contributed by atoms with Crippen LogP contribution in [0.1, 0.15) is 200 Å². The maximum atomic E-state index is 13.0. The molecule has 0 heterocycles. The number of rotatable bonds is 44. The topological polar surface area (TPSA) is 125 Å². The minimum absolute atomic E-state index is 0.0151. The fraction of sp³-hybridized carbons (Fsp3) is 0.784. The maximum absolute atomic E-state index is 13.0. The molecule has 9 nitrogen and oxygen atoms in total. The molecule has 0 aliphatic heterocycles. The van der Waals surface area contributed by atoms with Gasteiger partial charge in [0.2, 0.25) is 5.91 Å². The number of allylic oxidation sites excluding steroid dienone is 9. The molecule has 0 rings (SSSR count).